The topological polar surface area (TPSA) is 52.8 Å². The van der Waals surface area contributed by atoms with E-state index in [9.17, 15) is 0 Å². The molecule has 0 aromatic carbocycles. The molecule has 4 heteroatoms. The monoisotopic (exact) mass is 242 g/mol. The van der Waals surface area contributed by atoms with Gasteiger partial charge in [-0.3, -0.25) is 0 Å². The lowest BCUT2D eigenvalue weighted by molar-refractivity contribution is 0.472. The molecule has 0 bridgehead atoms. The summed E-state index contributed by atoms with van der Waals surface area (Å²) in [4.78, 5) is 2.11. The van der Waals surface area contributed by atoms with Gasteiger partial charge in [0.05, 0.1) is 11.8 Å². The van der Waals surface area contributed by atoms with E-state index in [2.05, 4.69) is 48.0 Å². The van der Waals surface area contributed by atoms with Crippen molar-refractivity contribution in [3.8, 4) is 6.07 Å². The van der Waals surface area contributed by atoms with Crippen molar-refractivity contribution >= 4 is 5.82 Å². The van der Waals surface area contributed by atoms with Crippen LogP contribution < -0.4 is 4.90 Å². The van der Waals surface area contributed by atoms with Gasteiger partial charge in [0.25, 0.3) is 0 Å². The van der Waals surface area contributed by atoms with Crippen LogP contribution in [0.4, 0.5) is 5.82 Å². The molecule has 2 rings (SSSR count). The summed E-state index contributed by atoms with van der Waals surface area (Å²) in [5.41, 5.74) is 2.30. The lowest BCUT2D eigenvalue weighted by atomic mass is 9.83. The highest BCUT2D eigenvalue weighted by atomic mass is 15.3. The Kier molecular flexibility index (Phi) is 3.33. The van der Waals surface area contributed by atoms with E-state index in [1.165, 1.54) is 5.57 Å². The van der Waals surface area contributed by atoms with E-state index in [0.717, 1.165) is 19.5 Å². The maximum Gasteiger partial charge on any atom is 0.169 e. The van der Waals surface area contributed by atoms with Gasteiger partial charge in [0.1, 0.15) is 6.07 Å². The Morgan fingerprint density at radius 3 is 2.72 bits per heavy atom. The lowest BCUT2D eigenvalue weighted by Crippen LogP contribution is -2.32. The minimum absolute atomic E-state index is 0.229. The number of nitriles is 1. The van der Waals surface area contributed by atoms with Gasteiger partial charge in [0, 0.05) is 13.1 Å². The third-order valence-corrected chi connectivity index (χ3v) is 3.29. The smallest absolute Gasteiger partial charge is 0.169 e. The number of anilines is 1. The van der Waals surface area contributed by atoms with Crippen molar-refractivity contribution in [2.24, 2.45) is 5.41 Å². The Bertz CT molecular complexity index is 505. The van der Waals surface area contributed by atoms with Crippen LogP contribution in [-0.4, -0.2) is 23.3 Å². The highest BCUT2D eigenvalue weighted by Gasteiger charge is 2.23. The fraction of sp³-hybridized carbons (Fsp3) is 0.500. The molecule has 2 heterocycles. The van der Waals surface area contributed by atoms with Gasteiger partial charge >= 0.3 is 0 Å². The maximum atomic E-state index is 9.07. The fourth-order valence-corrected chi connectivity index (χ4v) is 2.19. The molecule has 0 spiro atoms. The van der Waals surface area contributed by atoms with Crippen molar-refractivity contribution in [2.45, 2.75) is 27.2 Å². The number of hydrogen-bond donors (Lipinski definition) is 0. The first-order chi connectivity index (χ1) is 8.52. The second kappa shape index (κ2) is 4.77. The molecular formula is C14H18N4. The normalized spacial score (nSPS) is 16.1. The number of rotatable bonds is 1. The van der Waals surface area contributed by atoms with Crippen LogP contribution in [0.2, 0.25) is 0 Å². The van der Waals surface area contributed by atoms with Crippen LogP contribution in [0.25, 0.3) is 0 Å². The van der Waals surface area contributed by atoms with Gasteiger partial charge in [0.2, 0.25) is 0 Å². The molecule has 0 saturated heterocycles. The minimum Gasteiger partial charge on any atom is -0.350 e. The van der Waals surface area contributed by atoms with E-state index in [1.54, 1.807) is 12.3 Å². The van der Waals surface area contributed by atoms with Gasteiger partial charge in [-0.2, -0.15) is 10.4 Å². The van der Waals surface area contributed by atoms with Crippen molar-refractivity contribution in [3.05, 3.63) is 29.5 Å². The predicted molar refractivity (Wildman–Crippen MR) is 71.1 cm³/mol. The molecule has 0 fully saturated rings. The van der Waals surface area contributed by atoms with Crippen LogP contribution in [0, 0.1) is 16.7 Å². The molecule has 1 aromatic heterocycles. The molecule has 0 atom stereocenters. The Morgan fingerprint density at radius 2 is 2.17 bits per heavy atom. The highest BCUT2D eigenvalue weighted by molar-refractivity contribution is 5.53. The molecule has 0 radical (unpaired) electrons. The highest BCUT2D eigenvalue weighted by Crippen LogP contribution is 2.31. The van der Waals surface area contributed by atoms with E-state index < -0.39 is 0 Å². The molecule has 1 aliphatic heterocycles. The van der Waals surface area contributed by atoms with Crippen molar-refractivity contribution in [2.75, 3.05) is 18.0 Å². The van der Waals surface area contributed by atoms with E-state index in [0.29, 0.717) is 11.4 Å². The summed E-state index contributed by atoms with van der Waals surface area (Å²) >= 11 is 0. The number of aromatic nitrogens is 2. The summed E-state index contributed by atoms with van der Waals surface area (Å²) in [7, 11) is 0. The van der Waals surface area contributed by atoms with Crippen LogP contribution in [0.15, 0.2) is 23.9 Å². The number of hydrogen-bond acceptors (Lipinski definition) is 4. The molecule has 18 heavy (non-hydrogen) atoms. The number of nitrogens with zero attached hydrogens (tertiary/aromatic N) is 4. The molecule has 1 aliphatic rings. The van der Waals surface area contributed by atoms with E-state index in [4.69, 9.17) is 5.26 Å². The molecule has 0 amide bonds. The Balaban J connectivity index is 2.20. The quantitative estimate of drug-likeness (QED) is 0.710. The van der Waals surface area contributed by atoms with Gasteiger partial charge in [-0.15, -0.1) is 5.10 Å². The van der Waals surface area contributed by atoms with Crippen molar-refractivity contribution in [3.63, 3.8) is 0 Å². The Labute approximate surface area is 108 Å². The third kappa shape index (κ3) is 2.51. The summed E-state index contributed by atoms with van der Waals surface area (Å²) in [6.07, 6.45) is 4.83. The molecule has 0 saturated carbocycles. The zero-order chi connectivity index (χ0) is 13.2. The zero-order valence-corrected chi connectivity index (χ0v) is 11.1. The first-order valence-electron chi connectivity index (χ1n) is 6.18. The predicted octanol–water partition coefficient (Wildman–Crippen LogP) is 2.53. The molecule has 94 valence electrons. The van der Waals surface area contributed by atoms with Gasteiger partial charge in [0.15, 0.2) is 5.82 Å². The zero-order valence-electron chi connectivity index (χ0n) is 11.1. The molecule has 1 aromatic rings. The van der Waals surface area contributed by atoms with Crippen LogP contribution in [0.5, 0.6) is 0 Å². The summed E-state index contributed by atoms with van der Waals surface area (Å²) in [6, 6.07) is 3.88. The van der Waals surface area contributed by atoms with Gasteiger partial charge < -0.3 is 4.90 Å². The maximum absolute atomic E-state index is 9.07. The summed E-state index contributed by atoms with van der Waals surface area (Å²) < 4.78 is 0. The Hall–Kier alpha value is -1.89. The SMILES string of the molecule is CC(C)(C)C1=CCN(c2nnccc2C#N)CC1. The summed E-state index contributed by atoms with van der Waals surface area (Å²) in [5.74, 6) is 0.698. The fourth-order valence-electron chi connectivity index (χ4n) is 2.19. The summed E-state index contributed by atoms with van der Waals surface area (Å²) in [5, 5.41) is 17.0. The van der Waals surface area contributed by atoms with E-state index in [1.807, 2.05) is 0 Å². The molecule has 0 aliphatic carbocycles. The average molecular weight is 242 g/mol. The van der Waals surface area contributed by atoms with Crippen molar-refractivity contribution in [1.82, 2.24) is 10.2 Å². The molecule has 0 unspecified atom stereocenters. The standard InChI is InChI=1S/C14H18N4/c1-14(2,3)12-5-8-18(9-6-12)13-11(10-15)4-7-16-17-13/h4-5,7H,6,8-9H2,1-3H3. The molecule has 4 nitrogen and oxygen atoms in total. The van der Waals surface area contributed by atoms with Crippen LogP contribution in [-0.2, 0) is 0 Å². The first kappa shape index (κ1) is 12.6. The third-order valence-electron chi connectivity index (χ3n) is 3.29. The van der Waals surface area contributed by atoms with Crippen molar-refractivity contribution < 1.29 is 0 Å². The van der Waals surface area contributed by atoms with E-state index >= 15 is 0 Å². The van der Waals surface area contributed by atoms with E-state index in [-0.39, 0.29) is 5.41 Å². The van der Waals surface area contributed by atoms with Gasteiger partial charge in [-0.1, -0.05) is 32.4 Å². The molecule has 0 N–H and O–H groups in total. The largest absolute Gasteiger partial charge is 0.350 e. The average Bonchev–Trinajstić information content (AvgIpc) is 2.38. The minimum atomic E-state index is 0.229. The Morgan fingerprint density at radius 1 is 1.39 bits per heavy atom. The van der Waals surface area contributed by atoms with Crippen LogP contribution in [0.1, 0.15) is 32.8 Å². The van der Waals surface area contributed by atoms with Gasteiger partial charge in [-0.05, 0) is 17.9 Å². The summed E-state index contributed by atoms with van der Waals surface area (Å²) in [6.45, 7) is 8.41. The lowest BCUT2D eigenvalue weighted by Gasteiger charge is -2.32. The second-order valence-corrected chi connectivity index (χ2v) is 5.56. The van der Waals surface area contributed by atoms with Crippen LogP contribution >= 0.6 is 0 Å². The van der Waals surface area contributed by atoms with Crippen LogP contribution in [0.3, 0.4) is 0 Å². The first-order valence-corrected chi connectivity index (χ1v) is 6.18. The van der Waals surface area contributed by atoms with Crippen molar-refractivity contribution in [1.29, 1.82) is 5.26 Å². The second-order valence-electron chi connectivity index (χ2n) is 5.56. The van der Waals surface area contributed by atoms with Gasteiger partial charge in [-0.25, -0.2) is 0 Å². The molecular weight excluding hydrogens is 224 g/mol.